The Hall–Kier alpha value is -2.08. The van der Waals surface area contributed by atoms with E-state index >= 15 is 0 Å². The molecule has 0 unspecified atom stereocenters. The average molecular weight is 275 g/mol. The Labute approximate surface area is 117 Å². The van der Waals surface area contributed by atoms with Crippen molar-refractivity contribution in [3.63, 3.8) is 0 Å². The first-order chi connectivity index (χ1) is 9.72. The van der Waals surface area contributed by atoms with Crippen LogP contribution in [0.15, 0.2) is 24.3 Å². The summed E-state index contributed by atoms with van der Waals surface area (Å²) in [4.78, 5) is 24.9. The number of carbonyl (C=O) groups excluding carboxylic acids is 2. The van der Waals surface area contributed by atoms with Crippen molar-refractivity contribution in [2.24, 2.45) is 0 Å². The summed E-state index contributed by atoms with van der Waals surface area (Å²) in [6.07, 6.45) is 0.198. The van der Waals surface area contributed by atoms with Crippen LogP contribution >= 0.6 is 0 Å². The van der Waals surface area contributed by atoms with E-state index in [1.807, 2.05) is 24.3 Å². The van der Waals surface area contributed by atoms with Crippen LogP contribution in [0.2, 0.25) is 0 Å². The van der Waals surface area contributed by atoms with Crippen LogP contribution in [0, 0.1) is 0 Å². The molecule has 2 heterocycles. The van der Waals surface area contributed by atoms with Gasteiger partial charge in [-0.1, -0.05) is 0 Å². The Morgan fingerprint density at radius 2 is 1.85 bits per heavy atom. The van der Waals surface area contributed by atoms with E-state index in [-0.39, 0.29) is 18.2 Å². The highest BCUT2D eigenvalue weighted by Gasteiger charge is 2.30. The van der Waals surface area contributed by atoms with Crippen molar-refractivity contribution in [1.29, 1.82) is 0 Å². The largest absolute Gasteiger partial charge is 0.378 e. The van der Waals surface area contributed by atoms with Crippen LogP contribution in [0.5, 0.6) is 0 Å². The van der Waals surface area contributed by atoms with Gasteiger partial charge in [0.2, 0.25) is 11.8 Å². The van der Waals surface area contributed by atoms with Gasteiger partial charge in [-0.05, 0) is 24.3 Å². The zero-order valence-electron chi connectivity index (χ0n) is 11.1. The van der Waals surface area contributed by atoms with Gasteiger partial charge in [-0.25, -0.2) is 0 Å². The Morgan fingerprint density at radius 1 is 1.15 bits per heavy atom. The molecule has 1 atom stereocenters. The number of hydrogen-bond donors (Lipinski definition) is 2. The van der Waals surface area contributed by atoms with Crippen LogP contribution in [0.4, 0.5) is 11.4 Å². The monoisotopic (exact) mass is 275 g/mol. The molecule has 2 aliphatic rings. The maximum Gasteiger partial charge on any atom is 0.249 e. The fraction of sp³-hybridized carbons (Fsp3) is 0.429. The Kier molecular flexibility index (Phi) is 3.56. The summed E-state index contributed by atoms with van der Waals surface area (Å²) >= 11 is 0. The van der Waals surface area contributed by atoms with Crippen LogP contribution in [-0.4, -0.2) is 44.2 Å². The molecule has 6 nitrogen and oxygen atoms in total. The number of rotatable bonds is 3. The van der Waals surface area contributed by atoms with Gasteiger partial charge in [-0.2, -0.15) is 0 Å². The molecule has 20 heavy (non-hydrogen) atoms. The molecule has 2 fully saturated rings. The molecule has 0 aromatic heterocycles. The van der Waals surface area contributed by atoms with Crippen LogP contribution in [0.3, 0.4) is 0 Å². The Balaban J connectivity index is 1.64. The van der Waals surface area contributed by atoms with E-state index in [1.165, 1.54) is 0 Å². The first-order valence-electron chi connectivity index (χ1n) is 6.75. The van der Waals surface area contributed by atoms with Crippen LogP contribution in [0.1, 0.15) is 6.42 Å². The van der Waals surface area contributed by atoms with Gasteiger partial charge in [0.25, 0.3) is 0 Å². The maximum absolute atomic E-state index is 11.5. The molecule has 0 aliphatic carbocycles. The molecule has 1 aromatic rings. The third kappa shape index (κ3) is 2.75. The van der Waals surface area contributed by atoms with Gasteiger partial charge >= 0.3 is 0 Å². The normalized spacial score (nSPS) is 22.8. The van der Waals surface area contributed by atoms with Crippen molar-refractivity contribution >= 4 is 23.2 Å². The minimum absolute atomic E-state index is 0.198. The number of carbonyl (C=O) groups is 2. The Bertz CT molecular complexity index is 509. The highest BCUT2D eigenvalue weighted by molar-refractivity contribution is 6.06. The number of morpholine rings is 1. The van der Waals surface area contributed by atoms with E-state index in [0.29, 0.717) is 0 Å². The second kappa shape index (κ2) is 5.50. The maximum atomic E-state index is 11.5. The van der Waals surface area contributed by atoms with Crippen molar-refractivity contribution in [3.8, 4) is 0 Å². The van der Waals surface area contributed by atoms with Gasteiger partial charge < -0.3 is 15.0 Å². The standard InChI is InChI=1S/C14H17N3O3/c18-13-9-12(14(19)16-13)15-10-1-3-11(4-2-10)17-5-7-20-8-6-17/h1-4,12,15H,5-9H2,(H,16,18,19)/t12-/m1/s1. The lowest BCUT2D eigenvalue weighted by Gasteiger charge is -2.29. The number of benzene rings is 1. The molecular formula is C14H17N3O3. The minimum Gasteiger partial charge on any atom is -0.378 e. The summed E-state index contributed by atoms with van der Waals surface area (Å²) in [5, 5.41) is 5.36. The van der Waals surface area contributed by atoms with E-state index in [9.17, 15) is 9.59 Å². The average Bonchev–Trinajstić information content (AvgIpc) is 2.79. The minimum atomic E-state index is -0.461. The summed E-state index contributed by atoms with van der Waals surface area (Å²) in [5.74, 6) is -0.482. The molecule has 0 radical (unpaired) electrons. The molecule has 2 N–H and O–H groups in total. The molecule has 0 saturated carbocycles. The lowest BCUT2D eigenvalue weighted by molar-refractivity contribution is -0.124. The number of amides is 2. The molecule has 2 aliphatic heterocycles. The number of imide groups is 1. The van der Waals surface area contributed by atoms with Crippen molar-refractivity contribution in [2.45, 2.75) is 12.5 Å². The van der Waals surface area contributed by atoms with Crippen molar-refractivity contribution in [3.05, 3.63) is 24.3 Å². The van der Waals surface area contributed by atoms with E-state index in [4.69, 9.17) is 4.74 Å². The number of hydrogen-bond acceptors (Lipinski definition) is 5. The summed E-state index contributed by atoms with van der Waals surface area (Å²) < 4.78 is 5.33. The molecule has 1 aromatic carbocycles. The highest BCUT2D eigenvalue weighted by atomic mass is 16.5. The number of nitrogens with one attached hydrogen (secondary N) is 2. The van der Waals surface area contributed by atoms with Gasteiger partial charge in [0, 0.05) is 24.5 Å². The number of ether oxygens (including phenoxy) is 1. The zero-order valence-corrected chi connectivity index (χ0v) is 11.1. The fourth-order valence-electron chi connectivity index (χ4n) is 2.46. The predicted molar refractivity (Wildman–Crippen MR) is 74.7 cm³/mol. The molecule has 2 saturated heterocycles. The summed E-state index contributed by atoms with van der Waals surface area (Å²) in [5.41, 5.74) is 1.99. The third-order valence-electron chi connectivity index (χ3n) is 3.55. The summed E-state index contributed by atoms with van der Waals surface area (Å²) in [7, 11) is 0. The van der Waals surface area contributed by atoms with Crippen LogP contribution in [0.25, 0.3) is 0 Å². The summed E-state index contributed by atoms with van der Waals surface area (Å²) in [6.45, 7) is 3.30. The molecule has 2 amide bonds. The third-order valence-corrected chi connectivity index (χ3v) is 3.55. The van der Waals surface area contributed by atoms with Crippen molar-refractivity contribution in [2.75, 3.05) is 36.5 Å². The fourth-order valence-corrected chi connectivity index (χ4v) is 2.46. The van der Waals surface area contributed by atoms with E-state index in [1.54, 1.807) is 0 Å². The van der Waals surface area contributed by atoms with Crippen LogP contribution < -0.4 is 15.5 Å². The summed E-state index contributed by atoms with van der Waals surface area (Å²) in [6, 6.07) is 7.43. The number of anilines is 2. The molecule has 106 valence electrons. The highest BCUT2D eigenvalue weighted by Crippen LogP contribution is 2.20. The smallest absolute Gasteiger partial charge is 0.249 e. The number of nitrogens with zero attached hydrogens (tertiary/aromatic N) is 1. The first-order valence-corrected chi connectivity index (χ1v) is 6.75. The van der Waals surface area contributed by atoms with E-state index < -0.39 is 6.04 Å². The molecule has 6 heteroatoms. The SMILES string of the molecule is O=C1C[C@@H](Nc2ccc(N3CCOCC3)cc2)C(=O)N1. The van der Waals surface area contributed by atoms with Crippen molar-refractivity contribution < 1.29 is 14.3 Å². The second-order valence-electron chi connectivity index (χ2n) is 4.96. The first kappa shape index (κ1) is 12.9. The lowest BCUT2D eigenvalue weighted by Crippen LogP contribution is -2.36. The Morgan fingerprint density at radius 3 is 2.45 bits per heavy atom. The zero-order chi connectivity index (χ0) is 13.9. The van der Waals surface area contributed by atoms with Gasteiger partial charge in [-0.15, -0.1) is 0 Å². The van der Waals surface area contributed by atoms with Gasteiger partial charge in [0.15, 0.2) is 0 Å². The van der Waals surface area contributed by atoms with Gasteiger partial charge in [0.05, 0.1) is 19.6 Å². The van der Waals surface area contributed by atoms with E-state index in [0.717, 1.165) is 37.7 Å². The molecule has 0 bridgehead atoms. The predicted octanol–water partition coefficient (Wildman–Crippen LogP) is 0.350. The molecule has 3 rings (SSSR count). The van der Waals surface area contributed by atoms with Crippen LogP contribution in [-0.2, 0) is 14.3 Å². The van der Waals surface area contributed by atoms with Crippen molar-refractivity contribution in [1.82, 2.24) is 5.32 Å². The molecular weight excluding hydrogens is 258 g/mol. The second-order valence-corrected chi connectivity index (χ2v) is 4.96. The molecule has 0 spiro atoms. The lowest BCUT2D eigenvalue weighted by atomic mass is 10.2. The topological polar surface area (TPSA) is 70.7 Å². The quantitative estimate of drug-likeness (QED) is 0.779. The van der Waals surface area contributed by atoms with Gasteiger partial charge in [-0.3, -0.25) is 14.9 Å². The van der Waals surface area contributed by atoms with Gasteiger partial charge in [0.1, 0.15) is 6.04 Å². The van der Waals surface area contributed by atoms with E-state index in [2.05, 4.69) is 15.5 Å².